The Bertz CT molecular complexity index is 1430. The van der Waals surface area contributed by atoms with Crippen LogP contribution in [0.4, 0.5) is 10.0 Å². The molecular formula is C31H35N3O6S2. The molecule has 0 fully saturated rings. The molecule has 0 bridgehead atoms. The number of carbonyl (C=O) groups excluding carboxylic acids is 4. The highest BCUT2D eigenvalue weighted by Gasteiger charge is 2.31. The van der Waals surface area contributed by atoms with E-state index in [1.807, 2.05) is 0 Å². The van der Waals surface area contributed by atoms with Crippen LogP contribution in [-0.4, -0.2) is 42.0 Å². The molecule has 3 aromatic heterocycles. The van der Waals surface area contributed by atoms with E-state index in [-0.39, 0.29) is 24.6 Å². The van der Waals surface area contributed by atoms with Crippen LogP contribution >= 0.6 is 22.7 Å². The van der Waals surface area contributed by atoms with Gasteiger partial charge in [0.1, 0.15) is 21.4 Å². The third kappa shape index (κ3) is 6.12. The predicted octanol–water partition coefficient (Wildman–Crippen LogP) is 6.31. The van der Waals surface area contributed by atoms with Gasteiger partial charge in [-0.1, -0.05) is 19.9 Å². The third-order valence-electron chi connectivity index (χ3n) is 7.65. The van der Waals surface area contributed by atoms with E-state index in [1.54, 1.807) is 19.9 Å². The topological polar surface area (TPSA) is 124 Å². The summed E-state index contributed by atoms with van der Waals surface area (Å²) < 4.78 is 10.6. The number of ether oxygens (including phenoxy) is 2. The minimum atomic E-state index is -0.533. The van der Waals surface area contributed by atoms with Crippen LogP contribution in [0.2, 0.25) is 0 Å². The molecule has 0 radical (unpaired) electrons. The van der Waals surface area contributed by atoms with E-state index in [0.717, 1.165) is 59.4 Å². The van der Waals surface area contributed by atoms with Crippen LogP contribution < -0.4 is 10.6 Å². The number of nitrogens with zero attached hydrogens (tertiary/aromatic N) is 1. The fraction of sp³-hybridized carbons (Fsp3) is 0.452. The van der Waals surface area contributed by atoms with Crippen molar-refractivity contribution >= 4 is 56.4 Å². The smallest absolute Gasteiger partial charge is 0.341 e. The summed E-state index contributed by atoms with van der Waals surface area (Å²) in [6.07, 6.45) is 5.12. The molecule has 11 heteroatoms. The van der Waals surface area contributed by atoms with E-state index in [2.05, 4.69) is 29.5 Å². The molecule has 0 saturated carbocycles. The van der Waals surface area contributed by atoms with Crippen molar-refractivity contribution < 1.29 is 28.7 Å². The average molecular weight is 610 g/mol. The van der Waals surface area contributed by atoms with Gasteiger partial charge in [-0.25, -0.2) is 14.6 Å². The Morgan fingerprint density at radius 2 is 1.21 bits per heavy atom. The zero-order valence-electron chi connectivity index (χ0n) is 24.3. The van der Waals surface area contributed by atoms with E-state index in [4.69, 9.17) is 9.47 Å². The summed E-state index contributed by atoms with van der Waals surface area (Å²) in [4.78, 5) is 58.9. The third-order valence-corrected chi connectivity index (χ3v) is 9.99. The fourth-order valence-corrected chi connectivity index (χ4v) is 8.33. The number of carbonyl (C=O) groups is 4. The number of hydrogen-bond acceptors (Lipinski definition) is 9. The Hall–Kier alpha value is -3.57. The summed E-state index contributed by atoms with van der Waals surface area (Å²) in [6.45, 7) is 8.31. The largest absolute Gasteiger partial charge is 0.462 e. The van der Waals surface area contributed by atoms with Gasteiger partial charge in [0.25, 0.3) is 11.8 Å². The first-order valence-corrected chi connectivity index (χ1v) is 16.1. The van der Waals surface area contributed by atoms with Crippen molar-refractivity contribution in [3.05, 3.63) is 61.6 Å². The number of amides is 2. The number of esters is 2. The summed E-state index contributed by atoms with van der Waals surface area (Å²) in [7, 11) is 0. The Morgan fingerprint density at radius 3 is 1.62 bits per heavy atom. The lowest BCUT2D eigenvalue weighted by molar-refractivity contribution is 0.0516. The van der Waals surface area contributed by atoms with E-state index in [0.29, 0.717) is 33.0 Å². The van der Waals surface area contributed by atoms with E-state index >= 15 is 0 Å². The standard InChI is InChI=1S/C31H35N3O6S2/c1-5-39-30(37)24-18-12-10-16(3)14-22(18)41-28(24)33-26(35)20-8-7-9-21(32-20)27(36)34-29-25(31(38)40-6-2)19-13-11-17(4)15-23(19)42-29/h7-9,16-17H,5-6,10-15H2,1-4H3,(H,33,35)(H,34,36). The number of aromatic nitrogens is 1. The maximum Gasteiger partial charge on any atom is 0.341 e. The van der Waals surface area contributed by atoms with E-state index in [9.17, 15) is 19.2 Å². The number of fused-ring (bicyclic) bond motifs is 2. The Labute approximate surface area is 253 Å². The van der Waals surface area contributed by atoms with Crippen molar-refractivity contribution in [2.45, 2.75) is 66.2 Å². The quantitative estimate of drug-likeness (QED) is 0.287. The molecule has 42 heavy (non-hydrogen) atoms. The second-order valence-corrected chi connectivity index (χ2v) is 13.1. The van der Waals surface area contributed by atoms with Gasteiger partial charge in [-0.15, -0.1) is 22.7 Å². The summed E-state index contributed by atoms with van der Waals surface area (Å²) in [5.41, 5.74) is 2.77. The Balaban J connectivity index is 1.38. The number of pyridine rings is 1. The first kappa shape index (κ1) is 29.9. The van der Waals surface area contributed by atoms with Gasteiger partial charge < -0.3 is 20.1 Å². The number of nitrogens with one attached hydrogen (secondary N) is 2. The maximum absolute atomic E-state index is 13.3. The molecule has 2 N–H and O–H groups in total. The van der Waals surface area contributed by atoms with Crippen molar-refractivity contribution in [1.82, 2.24) is 4.98 Å². The van der Waals surface area contributed by atoms with Crippen LogP contribution in [0.25, 0.3) is 0 Å². The number of hydrogen-bond donors (Lipinski definition) is 2. The van der Waals surface area contributed by atoms with Crippen LogP contribution in [0.15, 0.2) is 18.2 Å². The zero-order chi connectivity index (χ0) is 30.0. The Kier molecular flexibility index (Phi) is 9.08. The minimum Gasteiger partial charge on any atom is -0.462 e. The van der Waals surface area contributed by atoms with Gasteiger partial charge >= 0.3 is 11.9 Å². The van der Waals surface area contributed by atoms with Crippen molar-refractivity contribution in [1.29, 1.82) is 0 Å². The molecule has 0 aromatic carbocycles. The lowest BCUT2D eigenvalue weighted by Gasteiger charge is -2.18. The van der Waals surface area contributed by atoms with E-state index < -0.39 is 23.8 Å². The summed E-state index contributed by atoms with van der Waals surface area (Å²) in [5, 5.41) is 6.58. The highest BCUT2D eigenvalue weighted by molar-refractivity contribution is 7.17. The van der Waals surface area contributed by atoms with Gasteiger partial charge in [0.2, 0.25) is 0 Å². The first-order chi connectivity index (χ1) is 20.2. The number of rotatable bonds is 8. The second-order valence-electron chi connectivity index (χ2n) is 10.9. The molecule has 3 aromatic rings. The monoisotopic (exact) mass is 609 g/mol. The van der Waals surface area contributed by atoms with Crippen molar-refractivity contribution in [3.8, 4) is 0 Å². The molecule has 5 rings (SSSR count). The predicted molar refractivity (Wildman–Crippen MR) is 163 cm³/mol. The van der Waals surface area contributed by atoms with Gasteiger partial charge in [-0.2, -0.15) is 0 Å². The molecular weight excluding hydrogens is 574 g/mol. The van der Waals surface area contributed by atoms with Crippen molar-refractivity contribution in [2.75, 3.05) is 23.8 Å². The summed E-state index contributed by atoms with van der Waals surface area (Å²) in [6, 6.07) is 4.61. The molecule has 2 atom stereocenters. The Morgan fingerprint density at radius 1 is 0.786 bits per heavy atom. The SMILES string of the molecule is CCOC(=O)c1c(NC(=O)c2cccc(C(=O)Nc3sc4c(c3C(=O)OCC)CCC(C)C4)n2)sc2c1CCC(C)C2. The fourth-order valence-electron chi connectivity index (χ4n) is 5.54. The van der Waals surface area contributed by atoms with Gasteiger partial charge in [0, 0.05) is 9.75 Å². The van der Waals surface area contributed by atoms with Gasteiger partial charge in [0.15, 0.2) is 0 Å². The van der Waals surface area contributed by atoms with Crippen LogP contribution in [0.5, 0.6) is 0 Å². The molecule has 2 aliphatic rings. The average Bonchev–Trinajstić information content (AvgIpc) is 3.49. The van der Waals surface area contributed by atoms with Gasteiger partial charge in [0.05, 0.1) is 24.3 Å². The molecule has 0 aliphatic heterocycles. The van der Waals surface area contributed by atoms with Crippen LogP contribution in [-0.2, 0) is 35.2 Å². The minimum absolute atomic E-state index is 0.0297. The van der Waals surface area contributed by atoms with Crippen molar-refractivity contribution in [2.24, 2.45) is 11.8 Å². The summed E-state index contributed by atoms with van der Waals surface area (Å²) >= 11 is 2.79. The molecule has 2 unspecified atom stereocenters. The molecule has 9 nitrogen and oxygen atoms in total. The zero-order valence-corrected chi connectivity index (χ0v) is 25.9. The second kappa shape index (κ2) is 12.7. The van der Waals surface area contributed by atoms with Crippen LogP contribution in [0.3, 0.4) is 0 Å². The van der Waals surface area contributed by atoms with E-state index in [1.165, 1.54) is 34.8 Å². The maximum atomic E-state index is 13.3. The number of anilines is 2. The lowest BCUT2D eigenvalue weighted by Crippen LogP contribution is -2.20. The van der Waals surface area contributed by atoms with Gasteiger partial charge in [-0.05, 0) is 87.5 Å². The molecule has 2 aliphatic carbocycles. The highest BCUT2D eigenvalue weighted by Crippen LogP contribution is 2.41. The first-order valence-electron chi connectivity index (χ1n) is 14.4. The molecule has 0 spiro atoms. The molecule has 222 valence electrons. The van der Waals surface area contributed by atoms with Gasteiger partial charge in [-0.3, -0.25) is 9.59 Å². The molecule has 0 saturated heterocycles. The molecule has 3 heterocycles. The van der Waals surface area contributed by atoms with Crippen molar-refractivity contribution in [3.63, 3.8) is 0 Å². The molecule has 2 amide bonds. The summed E-state index contributed by atoms with van der Waals surface area (Å²) in [5.74, 6) is -0.983. The number of thiophene rings is 2. The highest BCUT2D eigenvalue weighted by atomic mass is 32.1. The normalized spacial score (nSPS) is 17.5. The van der Waals surface area contributed by atoms with Crippen LogP contribution in [0.1, 0.15) is 103 Å². The van der Waals surface area contributed by atoms with Crippen LogP contribution in [0, 0.1) is 11.8 Å². The lowest BCUT2D eigenvalue weighted by atomic mass is 9.88.